The van der Waals surface area contributed by atoms with Gasteiger partial charge in [-0.15, -0.1) is 23.5 Å². The minimum atomic E-state index is -1.28. The van der Waals surface area contributed by atoms with Crippen LogP contribution < -0.4 is 20.3 Å². The third-order valence-electron chi connectivity index (χ3n) is 9.05. The number of aliphatic carboxylic acids is 1. The summed E-state index contributed by atoms with van der Waals surface area (Å²) in [5.41, 5.74) is 0.362. The Labute approximate surface area is 323 Å². The molecule has 4 rings (SSSR count). The number of ether oxygens (including phenoxy) is 1. The number of phenols is 1. The summed E-state index contributed by atoms with van der Waals surface area (Å²) < 4.78 is 6.07. The van der Waals surface area contributed by atoms with E-state index in [1.807, 2.05) is 62.8 Å². The van der Waals surface area contributed by atoms with E-state index in [1.54, 1.807) is 11.0 Å². The maximum Gasteiger partial charge on any atom is 0.326 e. The number of anilines is 2. The average Bonchev–Trinajstić information content (AvgIpc) is 3.24. The van der Waals surface area contributed by atoms with Gasteiger partial charge >= 0.3 is 5.97 Å². The summed E-state index contributed by atoms with van der Waals surface area (Å²) in [6.45, 7) is 3.58. The fraction of sp³-hybridized carbons (Fsp3) is 0.410. The van der Waals surface area contributed by atoms with Crippen LogP contribution in [0.25, 0.3) is 0 Å². The first-order valence-corrected chi connectivity index (χ1v) is 21.1. The number of unbranched alkanes of at least 4 members (excludes halogenated alkanes) is 2. The molecule has 0 spiro atoms. The van der Waals surface area contributed by atoms with E-state index < -0.39 is 41.9 Å². The molecule has 1 aliphatic heterocycles. The zero-order valence-electron chi connectivity index (χ0n) is 30.4. The van der Waals surface area contributed by atoms with Gasteiger partial charge in [-0.3, -0.25) is 24.1 Å². The number of benzene rings is 3. The molecule has 1 radical (unpaired) electrons. The number of carboxylic acids is 1. The average molecular weight is 783 g/mol. The van der Waals surface area contributed by atoms with Crippen molar-refractivity contribution in [2.45, 2.75) is 80.7 Å². The van der Waals surface area contributed by atoms with Crippen LogP contribution in [-0.4, -0.2) is 69.9 Å². The summed E-state index contributed by atoms with van der Waals surface area (Å²) in [6.07, 6.45) is 7.90. The molecule has 2 atom stereocenters. The number of nitrogens with zero attached hydrogens (tertiary/aromatic N) is 1. The molecule has 0 bridgehead atoms. The standard InChI is InChI=1S/C39H48N3O8S3/c1-5-7-19-39(20-8-6-2)37(48)42(26-12-10-9-11-13-26)29-22-32(52-4)30(23-31(29)53-38(39)49)50-24-33(44)41-34(25-14-16-27(43)17-15-25)35(45)40-28(36(46)47)18-21-51-3/h9-17,22-23,28,34,43,53H,5-8,18-21,24H2,1-4H3,(H,40,45)(H,41,44)(H,46,47)/t28-,34+/m0/s1. The highest BCUT2D eigenvalue weighted by Gasteiger charge is 2.50. The van der Waals surface area contributed by atoms with Crippen LogP contribution in [0.2, 0.25) is 0 Å². The molecule has 14 heteroatoms. The molecule has 0 saturated heterocycles. The largest absolute Gasteiger partial charge is 0.508 e. The molecular weight excluding hydrogens is 735 g/mol. The van der Waals surface area contributed by atoms with Crippen molar-refractivity contribution >= 4 is 75.5 Å². The maximum atomic E-state index is 14.7. The number of fused-ring (bicyclic) bond motifs is 1. The number of thiol groups is 1. The van der Waals surface area contributed by atoms with E-state index in [0.29, 0.717) is 62.8 Å². The molecule has 0 aromatic heterocycles. The van der Waals surface area contributed by atoms with E-state index in [0.717, 1.165) is 25.7 Å². The van der Waals surface area contributed by atoms with Crippen LogP contribution in [0.4, 0.5) is 11.4 Å². The van der Waals surface area contributed by atoms with Gasteiger partial charge in [-0.05, 0) is 79.5 Å². The monoisotopic (exact) mass is 782 g/mol. The van der Waals surface area contributed by atoms with Crippen LogP contribution in [-0.2, 0) is 24.0 Å². The van der Waals surface area contributed by atoms with E-state index >= 15 is 0 Å². The molecule has 4 N–H and O–H groups in total. The molecule has 11 nitrogen and oxygen atoms in total. The fourth-order valence-electron chi connectivity index (χ4n) is 6.12. The van der Waals surface area contributed by atoms with E-state index in [4.69, 9.17) is 4.74 Å². The molecule has 3 aromatic rings. The molecule has 0 saturated carbocycles. The molecule has 3 amide bonds. The summed E-state index contributed by atoms with van der Waals surface area (Å²) in [5, 5.41) is 24.5. The fourth-order valence-corrected chi connectivity index (χ4v) is 8.35. The van der Waals surface area contributed by atoms with E-state index in [2.05, 4.69) is 10.6 Å². The van der Waals surface area contributed by atoms with Gasteiger partial charge in [0.1, 0.15) is 29.0 Å². The number of rotatable bonds is 19. The summed E-state index contributed by atoms with van der Waals surface area (Å²) in [7, 11) is 0. The second-order valence-corrected chi connectivity index (χ2v) is 15.7. The first-order chi connectivity index (χ1) is 25.5. The quantitative estimate of drug-likeness (QED) is 0.0483. The number of para-hydroxylation sites is 1. The van der Waals surface area contributed by atoms with Gasteiger partial charge in [0, 0.05) is 10.6 Å². The first kappa shape index (κ1) is 41.6. The topological polar surface area (TPSA) is 162 Å². The van der Waals surface area contributed by atoms with Gasteiger partial charge in [0.15, 0.2) is 11.7 Å². The molecule has 0 unspecified atom stereocenters. The van der Waals surface area contributed by atoms with Crippen molar-refractivity contribution in [2.75, 3.05) is 29.8 Å². The smallest absolute Gasteiger partial charge is 0.326 e. The van der Waals surface area contributed by atoms with Crippen LogP contribution in [0.1, 0.15) is 70.4 Å². The Kier molecular flexibility index (Phi) is 15.5. The van der Waals surface area contributed by atoms with Crippen molar-refractivity contribution < 1.29 is 38.9 Å². The molecular formula is C39H48N3O8S3. The van der Waals surface area contributed by atoms with E-state index in [1.165, 1.54) is 47.8 Å². The van der Waals surface area contributed by atoms with Crippen molar-refractivity contribution in [3.05, 3.63) is 72.3 Å². The van der Waals surface area contributed by atoms with Gasteiger partial charge in [-0.1, -0.05) is 69.9 Å². The summed E-state index contributed by atoms with van der Waals surface area (Å²) in [6, 6.07) is 16.0. The number of amides is 3. The molecule has 1 aliphatic rings. The third-order valence-corrected chi connectivity index (χ3v) is 11.7. The lowest BCUT2D eigenvalue weighted by molar-refractivity contribution is -0.142. The van der Waals surface area contributed by atoms with Gasteiger partial charge < -0.3 is 25.6 Å². The van der Waals surface area contributed by atoms with Gasteiger partial charge in [0.05, 0.1) is 10.6 Å². The number of phenolic OH excluding ortho intramolecular Hbond substituents is 1. The van der Waals surface area contributed by atoms with E-state index in [-0.39, 0.29) is 23.2 Å². The normalized spacial score (nSPS) is 14.8. The van der Waals surface area contributed by atoms with Crippen LogP contribution in [0.3, 0.4) is 0 Å². The maximum absolute atomic E-state index is 14.7. The zero-order valence-corrected chi connectivity index (χ0v) is 33.0. The Balaban J connectivity index is 1.66. The van der Waals surface area contributed by atoms with Gasteiger partial charge in [0.2, 0.25) is 11.8 Å². The van der Waals surface area contributed by atoms with Crippen LogP contribution in [0.15, 0.2) is 76.5 Å². The van der Waals surface area contributed by atoms with Gasteiger partial charge in [-0.25, -0.2) is 4.79 Å². The molecule has 3 aromatic carbocycles. The number of thioether (sulfide) groups is 2. The van der Waals surface area contributed by atoms with Crippen LogP contribution >= 0.6 is 35.3 Å². The number of carboxylic acid groups (broad SMARTS) is 1. The Morgan fingerprint density at radius 2 is 1.60 bits per heavy atom. The van der Waals surface area contributed by atoms with Crippen molar-refractivity contribution in [1.82, 2.24) is 10.6 Å². The Bertz CT molecular complexity index is 1750. The van der Waals surface area contributed by atoms with Crippen molar-refractivity contribution in [3.8, 4) is 11.5 Å². The SMILES string of the molecule is CCCCC1(CCCC)C(=O)[SH]c2cc(OCC(=O)N[C@@H](C(=O)N[C@@H](CCSC)C(=O)O)c3ccc(O)cc3)c(SC)cc2N(c2ccccc2)C1=O. The number of carbonyl (C=O) groups is 5. The lowest BCUT2D eigenvalue weighted by Gasteiger charge is -2.34. The predicted molar refractivity (Wildman–Crippen MR) is 213 cm³/mol. The zero-order chi connectivity index (χ0) is 38.5. The number of nitrogens with one attached hydrogen (secondary N) is 2. The minimum Gasteiger partial charge on any atom is -0.508 e. The Morgan fingerprint density at radius 3 is 2.19 bits per heavy atom. The Morgan fingerprint density at radius 1 is 0.943 bits per heavy atom. The van der Waals surface area contributed by atoms with Gasteiger partial charge in [-0.2, -0.15) is 11.8 Å². The highest BCUT2D eigenvalue weighted by molar-refractivity contribution is 8.14. The first-order valence-electron chi connectivity index (χ1n) is 17.6. The Hall–Kier alpha value is -4.14. The highest BCUT2D eigenvalue weighted by atomic mass is 32.2. The highest BCUT2D eigenvalue weighted by Crippen LogP contribution is 2.51. The summed E-state index contributed by atoms with van der Waals surface area (Å²) >= 11 is 3.15. The van der Waals surface area contributed by atoms with Crippen LogP contribution in [0.5, 0.6) is 11.5 Å². The minimum absolute atomic E-state index is 0.0444. The second-order valence-electron chi connectivity index (χ2n) is 12.7. The number of aromatic hydroxyl groups is 1. The number of hydrogen-bond donors (Lipinski definition) is 5. The summed E-state index contributed by atoms with van der Waals surface area (Å²) in [4.78, 5) is 70.6. The lowest BCUT2D eigenvalue weighted by Crippen LogP contribution is -2.48. The second kappa shape index (κ2) is 19.8. The van der Waals surface area contributed by atoms with E-state index in [9.17, 15) is 34.2 Å². The third kappa shape index (κ3) is 10.3. The predicted octanol–water partition coefficient (Wildman–Crippen LogP) is 7.07. The van der Waals surface area contributed by atoms with Crippen molar-refractivity contribution in [1.29, 1.82) is 0 Å². The molecule has 53 heavy (non-hydrogen) atoms. The lowest BCUT2D eigenvalue weighted by atomic mass is 9.77. The van der Waals surface area contributed by atoms with Crippen molar-refractivity contribution in [3.63, 3.8) is 0 Å². The van der Waals surface area contributed by atoms with Crippen molar-refractivity contribution in [2.24, 2.45) is 5.41 Å². The molecule has 0 fully saturated rings. The molecule has 1 heterocycles. The molecule has 285 valence electrons. The number of carbonyl (C=O) groups excluding carboxylic acids is 4. The number of hydrogen-bond acceptors (Lipinski definition) is 9. The van der Waals surface area contributed by atoms with Gasteiger partial charge in [0.25, 0.3) is 5.91 Å². The summed E-state index contributed by atoms with van der Waals surface area (Å²) in [5.74, 6) is -2.04. The van der Waals surface area contributed by atoms with Crippen LogP contribution in [0, 0.1) is 5.41 Å². The molecule has 0 aliphatic carbocycles.